The Kier molecular flexibility index (Phi) is 11.6. The van der Waals surface area contributed by atoms with Crippen molar-refractivity contribution in [3.05, 3.63) is 101 Å². The minimum Gasteiger partial charge on any atom is -0.489 e. The summed E-state index contributed by atoms with van der Waals surface area (Å²) in [6.45, 7) is 6.19. The number of aryl methyl sites for hydroxylation is 4. The van der Waals surface area contributed by atoms with Crippen LogP contribution in [0.4, 0.5) is 0 Å². The van der Waals surface area contributed by atoms with Crippen molar-refractivity contribution >= 4 is 11.9 Å². The van der Waals surface area contributed by atoms with Gasteiger partial charge in [0.2, 0.25) is 0 Å². The number of aliphatic hydroxyl groups is 1. The first-order valence-corrected chi connectivity index (χ1v) is 13.2. The maximum absolute atomic E-state index is 11.1. The number of carboxylic acids is 1. The number of carbonyl (C=O) groups excluding carboxylic acids is 1. The van der Waals surface area contributed by atoms with Gasteiger partial charge in [-0.15, -0.1) is 0 Å². The van der Waals surface area contributed by atoms with Gasteiger partial charge in [0.15, 0.2) is 0 Å². The molecule has 2 aromatic carbocycles. The molecule has 8 nitrogen and oxygen atoms in total. The molecule has 0 aliphatic heterocycles. The van der Waals surface area contributed by atoms with Gasteiger partial charge in [-0.1, -0.05) is 42.5 Å². The van der Waals surface area contributed by atoms with Crippen LogP contribution < -0.4 is 4.74 Å². The lowest BCUT2D eigenvalue weighted by Crippen LogP contribution is -2.04. The molecule has 0 aliphatic rings. The summed E-state index contributed by atoms with van der Waals surface area (Å²) in [5, 5.41) is 17.7. The molecule has 212 valence electrons. The summed E-state index contributed by atoms with van der Waals surface area (Å²) in [6, 6.07) is 21.8. The number of hydrogen-bond donors (Lipinski definition) is 2. The molecule has 40 heavy (non-hydrogen) atoms. The van der Waals surface area contributed by atoms with E-state index in [1.54, 1.807) is 19.9 Å². The number of hydrogen-bond acceptors (Lipinski definition) is 7. The fraction of sp³-hybridized carbons (Fsp3) is 0.312. The van der Waals surface area contributed by atoms with Crippen LogP contribution in [0.15, 0.2) is 75.6 Å². The van der Waals surface area contributed by atoms with Crippen molar-refractivity contribution in [3.63, 3.8) is 0 Å². The zero-order chi connectivity index (χ0) is 28.9. The molecule has 0 unspecified atom stereocenters. The van der Waals surface area contributed by atoms with Gasteiger partial charge in [0.05, 0.1) is 26.1 Å². The topological polar surface area (TPSA) is 119 Å². The molecule has 0 saturated carbocycles. The van der Waals surface area contributed by atoms with Gasteiger partial charge >= 0.3 is 11.9 Å². The smallest absolute Gasteiger partial charge is 0.306 e. The van der Waals surface area contributed by atoms with Crippen LogP contribution in [0.5, 0.6) is 5.75 Å². The Morgan fingerprint density at radius 3 is 1.95 bits per heavy atom. The van der Waals surface area contributed by atoms with Crippen LogP contribution in [0, 0.1) is 13.8 Å². The van der Waals surface area contributed by atoms with Crippen LogP contribution in [0.25, 0.3) is 11.1 Å². The Labute approximate surface area is 234 Å². The minimum absolute atomic E-state index is 0.0330. The fourth-order valence-corrected chi connectivity index (χ4v) is 3.95. The van der Waals surface area contributed by atoms with Crippen molar-refractivity contribution < 1.29 is 38.1 Å². The number of aliphatic hydroxyl groups excluding tert-OH is 1. The summed E-state index contributed by atoms with van der Waals surface area (Å²) in [5.41, 5.74) is 4.02. The highest BCUT2D eigenvalue weighted by atomic mass is 16.5. The minimum atomic E-state index is -0.828. The monoisotopic (exact) mass is 548 g/mol. The number of ether oxygens (including phenoxy) is 2. The van der Waals surface area contributed by atoms with Crippen molar-refractivity contribution in [2.24, 2.45) is 0 Å². The normalized spacial score (nSPS) is 10.5. The van der Waals surface area contributed by atoms with E-state index in [0.717, 1.165) is 28.2 Å². The lowest BCUT2D eigenvalue weighted by atomic mass is 10.1. The number of carboxylic acid groups (broad SMARTS) is 1. The van der Waals surface area contributed by atoms with Gasteiger partial charge in [0.1, 0.15) is 35.4 Å². The molecule has 2 heterocycles. The summed E-state index contributed by atoms with van der Waals surface area (Å²) < 4.78 is 21.6. The molecule has 0 atom stereocenters. The largest absolute Gasteiger partial charge is 0.489 e. The Hall–Kier alpha value is -4.30. The number of benzene rings is 2. The van der Waals surface area contributed by atoms with E-state index in [4.69, 9.17) is 28.5 Å². The van der Waals surface area contributed by atoms with Crippen molar-refractivity contribution in [2.75, 3.05) is 6.61 Å². The molecule has 0 fully saturated rings. The average molecular weight is 549 g/mol. The third kappa shape index (κ3) is 9.47. The molecule has 0 radical (unpaired) electrons. The molecule has 4 aromatic rings. The molecular formula is C32H36O8. The van der Waals surface area contributed by atoms with Crippen molar-refractivity contribution in [1.82, 2.24) is 0 Å². The third-order valence-corrected chi connectivity index (χ3v) is 6.14. The molecule has 2 N–H and O–H groups in total. The molecule has 0 saturated heterocycles. The van der Waals surface area contributed by atoms with Crippen LogP contribution in [-0.2, 0) is 40.4 Å². The van der Waals surface area contributed by atoms with Gasteiger partial charge in [-0.05, 0) is 56.2 Å². The second kappa shape index (κ2) is 15.3. The van der Waals surface area contributed by atoms with Gasteiger partial charge in [0.25, 0.3) is 0 Å². The molecule has 0 bridgehead atoms. The van der Waals surface area contributed by atoms with Crippen LogP contribution in [-0.4, -0.2) is 28.8 Å². The third-order valence-electron chi connectivity index (χ3n) is 6.14. The Bertz CT molecular complexity index is 1350. The summed E-state index contributed by atoms with van der Waals surface area (Å²) in [5.74, 6) is 2.59. The standard InChI is InChI=1S/C21H20O4.C11H16O4/c1-15-18(13-20(25-15)11-12-21(22)23)14-24-19-9-7-17(8-10-19)16-5-3-2-4-6-16;1-3-14-11(13)5-4-10-6-9(7-12)8(2)15-10/h2-10,13H,11-12,14H2,1H3,(H,22,23);6,12H,3-5,7H2,1-2H3. The summed E-state index contributed by atoms with van der Waals surface area (Å²) >= 11 is 0. The Morgan fingerprint density at radius 2 is 1.38 bits per heavy atom. The van der Waals surface area contributed by atoms with Gasteiger partial charge in [-0.2, -0.15) is 0 Å². The second-order valence-corrected chi connectivity index (χ2v) is 9.12. The average Bonchev–Trinajstić information content (AvgIpc) is 3.51. The molecule has 4 rings (SSSR count). The first-order valence-electron chi connectivity index (χ1n) is 13.2. The molecule has 0 aliphatic carbocycles. The predicted molar refractivity (Wildman–Crippen MR) is 150 cm³/mol. The van der Waals surface area contributed by atoms with E-state index in [1.165, 1.54) is 5.56 Å². The lowest BCUT2D eigenvalue weighted by molar-refractivity contribution is -0.143. The van der Waals surface area contributed by atoms with E-state index >= 15 is 0 Å². The fourth-order valence-electron chi connectivity index (χ4n) is 3.95. The van der Waals surface area contributed by atoms with Gasteiger partial charge in [-0.25, -0.2) is 0 Å². The van der Waals surface area contributed by atoms with Crippen molar-refractivity contribution in [1.29, 1.82) is 0 Å². The maximum Gasteiger partial charge on any atom is 0.306 e. The molecule has 0 spiro atoms. The maximum atomic E-state index is 11.1. The van der Waals surface area contributed by atoms with E-state index in [1.807, 2.05) is 55.5 Å². The van der Waals surface area contributed by atoms with E-state index in [9.17, 15) is 9.59 Å². The van der Waals surface area contributed by atoms with Gasteiger partial charge < -0.3 is 28.5 Å². The Balaban J connectivity index is 0.000000252. The van der Waals surface area contributed by atoms with Crippen molar-refractivity contribution in [3.8, 4) is 16.9 Å². The molecule has 0 amide bonds. The van der Waals surface area contributed by atoms with Crippen LogP contribution in [0.3, 0.4) is 0 Å². The van der Waals surface area contributed by atoms with Crippen LogP contribution in [0.2, 0.25) is 0 Å². The zero-order valence-corrected chi connectivity index (χ0v) is 23.1. The quantitative estimate of drug-likeness (QED) is 0.195. The highest BCUT2D eigenvalue weighted by molar-refractivity contribution is 5.69. The van der Waals surface area contributed by atoms with E-state index in [2.05, 4.69) is 12.1 Å². The molecular weight excluding hydrogens is 512 g/mol. The first-order chi connectivity index (χ1) is 19.3. The Morgan fingerprint density at radius 1 is 0.800 bits per heavy atom. The summed E-state index contributed by atoms with van der Waals surface area (Å²) in [4.78, 5) is 21.7. The van der Waals surface area contributed by atoms with Gasteiger partial charge in [0, 0.05) is 24.0 Å². The zero-order valence-electron chi connectivity index (χ0n) is 23.1. The lowest BCUT2D eigenvalue weighted by Gasteiger charge is -2.07. The predicted octanol–water partition coefficient (Wildman–Crippen LogP) is 6.43. The summed E-state index contributed by atoms with van der Waals surface area (Å²) in [7, 11) is 0. The first kappa shape index (κ1) is 30.2. The molecule has 2 aromatic heterocycles. The van der Waals surface area contributed by atoms with Crippen molar-refractivity contribution in [2.45, 2.75) is 59.7 Å². The summed E-state index contributed by atoms with van der Waals surface area (Å²) in [6.07, 6.45) is 1.28. The van der Waals surface area contributed by atoms with Crippen LogP contribution in [0.1, 0.15) is 53.9 Å². The number of esters is 1. The number of furan rings is 2. The van der Waals surface area contributed by atoms with E-state index < -0.39 is 5.97 Å². The van der Waals surface area contributed by atoms with E-state index in [0.29, 0.717) is 49.8 Å². The second-order valence-electron chi connectivity index (χ2n) is 9.12. The van der Waals surface area contributed by atoms with E-state index in [-0.39, 0.29) is 19.0 Å². The van der Waals surface area contributed by atoms with Gasteiger partial charge in [-0.3, -0.25) is 9.59 Å². The number of rotatable bonds is 12. The SMILES string of the molecule is CCOC(=O)CCc1cc(CO)c(C)o1.Cc1oc(CCC(=O)O)cc1COc1ccc(-c2ccccc2)cc1. The number of carbonyl (C=O) groups is 2. The van der Waals surface area contributed by atoms with Crippen LogP contribution >= 0.6 is 0 Å². The molecule has 8 heteroatoms. The highest BCUT2D eigenvalue weighted by Gasteiger charge is 2.11. The highest BCUT2D eigenvalue weighted by Crippen LogP contribution is 2.24. The number of aliphatic carboxylic acids is 1.